The number of likely N-dealkylation sites (N-methyl/N-ethyl adjacent to an activating group) is 2. The molecule has 0 aromatic heterocycles. The van der Waals surface area contributed by atoms with Crippen molar-refractivity contribution in [2.45, 2.75) is 12.6 Å². The van der Waals surface area contributed by atoms with Gasteiger partial charge in [-0.15, -0.1) is 0 Å². The normalized spacial score (nSPS) is 13.1. The summed E-state index contributed by atoms with van der Waals surface area (Å²) in [6.07, 6.45) is -0.399. The highest BCUT2D eigenvalue weighted by Crippen LogP contribution is 2.06. The van der Waals surface area contributed by atoms with Crippen LogP contribution in [0.25, 0.3) is 0 Å². The number of aliphatic hydroxyl groups excluding tert-OH is 1. The summed E-state index contributed by atoms with van der Waals surface area (Å²) in [4.78, 5) is 1.97. The van der Waals surface area contributed by atoms with Crippen molar-refractivity contribution in [2.75, 3.05) is 27.2 Å². The molecule has 1 aromatic carbocycles. The van der Waals surface area contributed by atoms with E-state index in [1.54, 1.807) is 13.1 Å². The predicted octanol–water partition coefficient (Wildman–Crippen LogP) is 0.838. The molecule has 1 atom stereocenters. The van der Waals surface area contributed by atoms with Crippen molar-refractivity contribution in [3.63, 3.8) is 0 Å². The number of halogens is 1. The molecule has 4 heteroatoms. The molecular formula is C12H19FN2O. The average Bonchev–Trinajstić information content (AvgIpc) is 2.17. The molecule has 1 aromatic rings. The Morgan fingerprint density at radius 3 is 2.88 bits per heavy atom. The summed E-state index contributed by atoms with van der Waals surface area (Å²) in [6.45, 7) is 1.77. The van der Waals surface area contributed by atoms with Gasteiger partial charge in [0.25, 0.3) is 0 Å². The molecule has 0 saturated heterocycles. The fourth-order valence-corrected chi connectivity index (χ4v) is 1.67. The van der Waals surface area contributed by atoms with E-state index < -0.39 is 6.10 Å². The first kappa shape index (κ1) is 13.1. The maximum atomic E-state index is 12.9. The van der Waals surface area contributed by atoms with E-state index in [9.17, 15) is 9.50 Å². The fourth-order valence-electron chi connectivity index (χ4n) is 1.67. The molecule has 90 valence electrons. The summed E-state index contributed by atoms with van der Waals surface area (Å²) in [5.74, 6) is -0.221. The van der Waals surface area contributed by atoms with Gasteiger partial charge in [0.15, 0.2) is 0 Å². The predicted molar refractivity (Wildman–Crippen MR) is 62.7 cm³/mol. The SMILES string of the molecule is CNCC(O)CN(C)Cc1cccc(F)c1. The lowest BCUT2D eigenvalue weighted by atomic mass is 10.2. The zero-order chi connectivity index (χ0) is 12.0. The van der Waals surface area contributed by atoms with Gasteiger partial charge in [-0.1, -0.05) is 12.1 Å². The number of nitrogens with one attached hydrogen (secondary N) is 1. The smallest absolute Gasteiger partial charge is 0.123 e. The van der Waals surface area contributed by atoms with Crippen molar-refractivity contribution >= 4 is 0 Å². The highest BCUT2D eigenvalue weighted by Gasteiger charge is 2.07. The molecule has 2 N–H and O–H groups in total. The maximum absolute atomic E-state index is 12.9. The number of hydrogen-bond acceptors (Lipinski definition) is 3. The van der Waals surface area contributed by atoms with E-state index in [0.717, 1.165) is 5.56 Å². The summed E-state index contributed by atoms with van der Waals surface area (Å²) in [5, 5.41) is 12.5. The molecule has 0 bridgehead atoms. The van der Waals surface area contributed by atoms with Crippen LogP contribution in [0.5, 0.6) is 0 Å². The Kier molecular flexibility index (Phi) is 5.38. The Hall–Kier alpha value is -0.970. The van der Waals surface area contributed by atoms with Crippen LogP contribution >= 0.6 is 0 Å². The first-order chi connectivity index (χ1) is 7.61. The lowest BCUT2D eigenvalue weighted by Crippen LogP contribution is -2.35. The molecule has 0 fully saturated rings. The number of nitrogens with zero attached hydrogens (tertiary/aromatic N) is 1. The third kappa shape index (κ3) is 4.70. The minimum Gasteiger partial charge on any atom is -0.390 e. The largest absolute Gasteiger partial charge is 0.390 e. The Labute approximate surface area is 95.9 Å². The molecule has 0 aliphatic heterocycles. The topological polar surface area (TPSA) is 35.5 Å². The van der Waals surface area contributed by atoms with E-state index in [2.05, 4.69) is 5.32 Å². The van der Waals surface area contributed by atoms with Gasteiger partial charge in [-0.2, -0.15) is 0 Å². The van der Waals surface area contributed by atoms with Crippen LogP contribution in [0.4, 0.5) is 4.39 Å². The van der Waals surface area contributed by atoms with E-state index in [4.69, 9.17) is 0 Å². The van der Waals surface area contributed by atoms with Crippen LogP contribution in [0, 0.1) is 5.82 Å². The molecule has 0 heterocycles. The second-order valence-electron chi connectivity index (χ2n) is 4.04. The highest BCUT2D eigenvalue weighted by atomic mass is 19.1. The second-order valence-corrected chi connectivity index (χ2v) is 4.04. The van der Waals surface area contributed by atoms with Crippen LogP contribution in [-0.4, -0.2) is 43.3 Å². The number of hydrogen-bond donors (Lipinski definition) is 2. The van der Waals surface area contributed by atoms with Crippen molar-refractivity contribution in [3.05, 3.63) is 35.6 Å². The van der Waals surface area contributed by atoms with Crippen molar-refractivity contribution in [3.8, 4) is 0 Å². The Morgan fingerprint density at radius 2 is 2.25 bits per heavy atom. The summed E-state index contributed by atoms with van der Waals surface area (Å²) >= 11 is 0. The molecule has 0 saturated carbocycles. The van der Waals surface area contributed by atoms with Gasteiger partial charge in [-0.25, -0.2) is 4.39 Å². The number of rotatable bonds is 6. The fraction of sp³-hybridized carbons (Fsp3) is 0.500. The number of benzene rings is 1. The lowest BCUT2D eigenvalue weighted by molar-refractivity contribution is 0.123. The summed E-state index contributed by atoms with van der Waals surface area (Å²) in [7, 11) is 3.71. The Morgan fingerprint density at radius 1 is 1.50 bits per heavy atom. The zero-order valence-electron chi connectivity index (χ0n) is 9.78. The van der Waals surface area contributed by atoms with Gasteiger partial charge in [0.2, 0.25) is 0 Å². The van der Waals surface area contributed by atoms with Gasteiger partial charge in [0, 0.05) is 19.6 Å². The molecule has 1 rings (SSSR count). The van der Waals surface area contributed by atoms with Gasteiger partial charge in [-0.3, -0.25) is 4.90 Å². The molecule has 0 radical (unpaired) electrons. The monoisotopic (exact) mass is 226 g/mol. The van der Waals surface area contributed by atoms with Crippen molar-refractivity contribution < 1.29 is 9.50 Å². The average molecular weight is 226 g/mol. The van der Waals surface area contributed by atoms with Gasteiger partial charge in [-0.05, 0) is 31.8 Å². The van der Waals surface area contributed by atoms with E-state index >= 15 is 0 Å². The van der Waals surface area contributed by atoms with Crippen LogP contribution in [-0.2, 0) is 6.54 Å². The van der Waals surface area contributed by atoms with Crippen LogP contribution in [0.3, 0.4) is 0 Å². The summed E-state index contributed by atoms with van der Waals surface area (Å²) in [6, 6.07) is 6.52. The van der Waals surface area contributed by atoms with Crippen molar-refractivity contribution in [1.82, 2.24) is 10.2 Å². The third-order valence-electron chi connectivity index (χ3n) is 2.30. The van der Waals surface area contributed by atoms with Gasteiger partial charge >= 0.3 is 0 Å². The van der Waals surface area contributed by atoms with Crippen molar-refractivity contribution in [2.24, 2.45) is 0 Å². The summed E-state index contributed by atoms with van der Waals surface area (Å²) in [5.41, 5.74) is 0.916. The van der Waals surface area contributed by atoms with Gasteiger partial charge < -0.3 is 10.4 Å². The molecule has 16 heavy (non-hydrogen) atoms. The zero-order valence-corrected chi connectivity index (χ0v) is 9.78. The molecule has 0 aliphatic carbocycles. The quantitative estimate of drug-likeness (QED) is 0.754. The first-order valence-corrected chi connectivity index (χ1v) is 5.37. The summed E-state index contributed by atoms with van der Waals surface area (Å²) < 4.78 is 12.9. The van der Waals surface area contributed by atoms with Crippen LogP contribution in [0.15, 0.2) is 24.3 Å². The van der Waals surface area contributed by atoms with Crippen LogP contribution < -0.4 is 5.32 Å². The van der Waals surface area contributed by atoms with E-state index in [1.807, 2.05) is 18.0 Å². The standard InChI is InChI=1S/C12H19FN2O/c1-14-7-12(16)9-15(2)8-10-4-3-5-11(13)6-10/h3-6,12,14,16H,7-9H2,1-2H3. The van der Waals surface area contributed by atoms with Crippen molar-refractivity contribution in [1.29, 1.82) is 0 Å². The lowest BCUT2D eigenvalue weighted by Gasteiger charge is -2.20. The Balaban J connectivity index is 2.42. The molecule has 0 spiro atoms. The van der Waals surface area contributed by atoms with Gasteiger partial charge in [0.1, 0.15) is 5.82 Å². The molecule has 1 unspecified atom stereocenters. The molecule has 0 aliphatic rings. The minimum absolute atomic E-state index is 0.221. The first-order valence-electron chi connectivity index (χ1n) is 5.37. The maximum Gasteiger partial charge on any atom is 0.123 e. The van der Waals surface area contributed by atoms with E-state index in [1.165, 1.54) is 12.1 Å². The third-order valence-corrected chi connectivity index (χ3v) is 2.30. The van der Waals surface area contributed by atoms with Crippen LogP contribution in [0.2, 0.25) is 0 Å². The van der Waals surface area contributed by atoms with Gasteiger partial charge in [0.05, 0.1) is 6.10 Å². The minimum atomic E-state index is -0.399. The highest BCUT2D eigenvalue weighted by molar-refractivity contribution is 5.15. The molecular weight excluding hydrogens is 207 g/mol. The second kappa shape index (κ2) is 6.58. The van der Waals surface area contributed by atoms with E-state index in [-0.39, 0.29) is 5.82 Å². The molecule has 0 amide bonds. The van der Waals surface area contributed by atoms with Crippen LogP contribution in [0.1, 0.15) is 5.56 Å². The Bertz CT molecular complexity index is 320. The number of aliphatic hydroxyl groups is 1. The molecule has 3 nitrogen and oxygen atoms in total. The van der Waals surface area contributed by atoms with E-state index in [0.29, 0.717) is 19.6 Å².